The van der Waals surface area contributed by atoms with E-state index < -0.39 is 6.04 Å². The van der Waals surface area contributed by atoms with Crippen molar-refractivity contribution in [3.05, 3.63) is 60.2 Å². The molecule has 2 N–H and O–H groups in total. The number of hydrogen-bond donors (Lipinski definition) is 2. The normalized spacial score (nSPS) is 11.4. The molecule has 0 heterocycles. The van der Waals surface area contributed by atoms with Gasteiger partial charge in [0.15, 0.2) is 0 Å². The number of nitrogens with one attached hydrogen (secondary N) is 2. The van der Waals surface area contributed by atoms with E-state index >= 15 is 0 Å². The Labute approximate surface area is 129 Å². The molecule has 0 aliphatic rings. The summed E-state index contributed by atoms with van der Waals surface area (Å²) in [5, 5.41) is 5.40. The third-order valence-corrected chi connectivity index (χ3v) is 3.13. The lowest BCUT2D eigenvalue weighted by Gasteiger charge is -2.14. The number of amides is 2. The molecular weight excluding hydrogens is 280 g/mol. The van der Waals surface area contributed by atoms with Gasteiger partial charge in [0.2, 0.25) is 5.91 Å². The highest BCUT2D eigenvalue weighted by atomic mass is 16.5. The van der Waals surface area contributed by atoms with Crippen LogP contribution < -0.4 is 15.4 Å². The summed E-state index contributed by atoms with van der Waals surface area (Å²) in [6.45, 7) is 1.64. The number of hydrogen-bond acceptors (Lipinski definition) is 3. The predicted octanol–water partition coefficient (Wildman–Crippen LogP) is 2.45. The van der Waals surface area contributed by atoms with Crippen LogP contribution in [0.25, 0.3) is 0 Å². The van der Waals surface area contributed by atoms with E-state index in [0.29, 0.717) is 17.0 Å². The van der Waals surface area contributed by atoms with Crippen LogP contribution in [0.4, 0.5) is 5.69 Å². The molecule has 114 valence electrons. The van der Waals surface area contributed by atoms with Gasteiger partial charge in [-0.1, -0.05) is 18.2 Å². The van der Waals surface area contributed by atoms with Crippen LogP contribution in [-0.4, -0.2) is 25.0 Å². The summed E-state index contributed by atoms with van der Waals surface area (Å²) in [5.41, 5.74) is 1.17. The maximum Gasteiger partial charge on any atom is 0.251 e. The van der Waals surface area contributed by atoms with Gasteiger partial charge in [-0.2, -0.15) is 0 Å². The number of ether oxygens (including phenoxy) is 1. The van der Waals surface area contributed by atoms with Crippen molar-refractivity contribution in [3.63, 3.8) is 0 Å². The van der Waals surface area contributed by atoms with Gasteiger partial charge in [0, 0.05) is 11.3 Å². The lowest BCUT2D eigenvalue weighted by Crippen LogP contribution is -2.41. The molecule has 2 aromatic rings. The number of anilines is 1. The highest BCUT2D eigenvalue weighted by molar-refractivity contribution is 6.00. The summed E-state index contributed by atoms with van der Waals surface area (Å²) in [4.78, 5) is 24.1. The van der Waals surface area contributed by atoms with Crippen molar-refractivity contribution in [1.82, 2.24) is 5.32 Å². The molecule has 0 aliphatic heterocycles. The number of carbonyl (C=O) groups excluding carboxylic acids is 2. The summed E-state index contributed by atoms with van der Waals surface area (Å²) in [5.74, 6) is 0.149. The average molecular weight is 298 g/mol. The van der Waals surface area contributed by atoms with Gasteiger partial charge in [-0.05, 0) is 43.3 Å². The number of methoxy groups -OCH3 is 1. The van der Waals surface area contributed by atoms with Crippen molar-refractivity contribution < 1.29 is 14.3 Å². The van der Waals surface area contributed by atoms with Crippen LogP contribution >= 0.6 is 0 Å². The minimum Gasteiger partial charge on any atom is -0.497 e. The molecule has 22 heavy (non-hydrogen) atoms. The summed E-state index contributed by atoms with van der Waals surface area (Å²) < 4.78 is 5.05. The van der Waals surface area contributed by atoms with Gasteiger partial charge < -0.3 is 15.4 Å². The Hall–Kier alpha value is -2.82. The van der Waals surface area contributed by atoms with Crippen molar-refractivity contribution >= 4 is 17.5 Å². The van der Waals surface area contributed by atoms with Gasteiger partial charge in [0.25, 0.3) is 5.91 Å². The van der Waals surface area contributed by atoms with E-state index in [1.54, 1.807) is 62.6 Å². The van der Waals surface area contributed by atoms with Gasteiger partial charge in [-0.3, -0.25) is 9.59 Å². The smallest absolute Gasteiger partial charge is 0.251 e. The van der Waals surface area contributed by atoms with E-state index in [1.807, 2.05) is 6.07 Å². The summed E-state index contributed by atoms with van der Waals surface area (Å²) in [6, 6.07) is 15.1. The third-order valence-electron chi connectivity index (χ3n) is 3.13. The molecule has 1 atom stereocenters. The first-order valence-corrected chi connectivity index (χ1v) is 6.91. The second-order valence-corrected chi connectivity index (χ2v) is 4.78. The van der Waals surface area contributed by atoms with Crippen LogP contribution in [0.15, 0.2) is 54.6 Å². The molecule has 0 unspecified atom stereocenters. The monoisotopic (exact) mass is 298 g/mol. The fourth-order valence-corrected chi connectivity index (χ4v) is 1.86. The Balaban J connectivity index is 1.92. The second kappa shape index (κ2) is 7.26. The molecule has 5 nitrogen and oxygen atoms in total. The number of benzene rings is 2. The molecule has 0 saturated carbocycles. The largest absolute Gasteiger partial charge is 0.497 e. The topological polar surface area (TPSA) is 67.4 Å². The van der Waals surface area contributed by atoms with E-state index in [0.717, 1.165) is 0 Å². The molecule has 0 saturated heterocycles. The zero-order valence-electron chi connectivity index (χ0n) is 12.5. The first-order valence-electron chi connectivity index (χ1n) is 6.91. The Morgan fingerprint density at radius 2 is 1.64 bits per heavy atom. The highest BCUT2D eigenvalue weighted by Crippen LogP contribution is 2.15. The first-order chi connectivity index (χ1) is 10.6. The fourth-order valence-electron chi connectivity index (χ4n) is 1.86. The van der Waals surface area contributed by atoms with Crippen molar-refractivity contribution in [2.45, 2.75) is 13.0 Å². The highest BCUT2D eigenvalue weighted by Gasteiger charge is 2.16. The number of carbonyl (C=O) groups is 2. The summed E-state index contributed by atoms with van der Waals surface area (Å²) >= 11 is 0. The molecular formula is C17H18N2O3. The Morgan fingerprint density at radius 3 is 2.23 bits per heavy atom. The maximum atomic E-state index is 12.1. The maximum absolute atomic E-state index is 12.1. The van der Waals surface area contributed by atoms with Crippen LogP contribution in [-0.2, 0) is 4.79 Å². The Kier molecular flexibility index (Phi) is 5.14. The van der Waals surface area contributed by atoms with Gasteiger partial charge in [-0.15, -0.1) is 0 Å². The minimum atomic E-state index is -0.644. The molecule has 2 amide bonds. The molecule has 2 aromatic carbocycles. The molecule has 0 radical (unpaired) electrons. The molecule has 2 rings (SSSR count). The zero-order chi connectivity index (χ0) is 15.9. The SMILES string of the molecule is COc1ccc(NC(=O)[C@H](C)NC(=O)c2ccccc2)cc1. The van der Waals surface area contributed by atoms with Crippen LogP contribution in [0.3, 0.4) is 0 Å². The summed E-state index contributed by atoms with van der Waals surface area (Å²) in [6.07, 6.45) is 0. The van der Waals surface area contributed by atoms with E-state index in [9.17, 15) is 9.59 Å². The molecule has 0 aromatic heterocycles. The van der Waals surface area contributed by atoms with Crippen molar-refractivity contribution in [3.8, 4) is 5.75 Å². The lowest BCUT2D eigenvalue weighted by molar-refractivity contribution is -0.117. The average Bonchev–Trinajstić information content (AvgIpc) is 2.56. The minimum absolute atomic E-state index is 0.280. The quantitative estimate of drug-likeness (QED) is 0.891. The van der Waals surface area contributed by atoms with Gasteiger partial charge >= 0.3 is 0 Å². The molecule has 0 bridgehead atoms. The van der Waals surface area contributed by atoms with E-state index in [4.69, 9.17) is 4.74 Å². The predicted molar refractivity (Wildman–Crippen MR) is 85.0 cm³/mol. The van der Waals surface area contributed by atoms with E-state index in [-0.39, 0.29) is 11.8 Å². The first kappa shape index (κ1) is 15.6. The van der Waals surface area contributed by atoms with Crippen LogP contribution in [0.1, 0.15) is 17.3 Å². The molecule has 0 spiro atoms. The molecule has 5 heteroatoms. The van der Waals surface area contributed by atoms with Crippen molar-refractivity contribution in [2.24, 2.45) is 0 Å². The van der Waals surface area contributed by atoms with Crippen molar-refractivity contribution in [2.75, 3.05) is 12.4 Å². The third kappa shape index (κ3) is 4.09. The van der Waals surface area contributed by atoms with Crippen LogP contribution in [0.2, 0.25) is 0 Å². The number of rotatable bonds is 5. The van der Waals surface area contributed by atoms with Gasteiger partial charge in [-0.25, -0.2) is 0 Å². The zero-order valence-corrected chi connectivity index (χ0v) is 12.5. The Bertz CT molecular complexity index is 639. The van der Waals surface area contributed by atoms with Crippen LogP contribution in [0, 0.1) is 0 Å². The lowest BCUT2D eigenvalue weighted by atomic mass is 10.2. The van der Waals surface area contributed by atoms with Gasteiger partial charge in [0.1, 0.15) is 11.8 Å². The second-order valence-electron chi connectivity index (χ2n) is 4.78. The van der Waals surface area contributed by atoms with E-state index in [1.165, 1.54) is 0 Å². The molecule has 0 aliphatic carbocycles. The molecule has 0 fully saturated rings. The Morgan fingerprint density at radius 1 is 1.00 bits per heavy atom. The summed E-state index contributed by atoms with van der Waals surface area (Å²) in [7, 11) is 1.58. The standard InChI is InChI=1S/C17H18N2O3/c1-12(18-17(21)13-6-4-3-5-7-13)16(20)19-14-8-10-15(22-2)11-9-14/h3-12H,1-2H3,(H,18,21)(H,19,20)/t12-/m0/s1. The van der Waals surface area contributed by atoms with Gasteiger partial charge in [0.05, 0.1) is 7.11 Å². The fraction of sp³-hybridized carbons (Fsp3) is 0.176. The van der Waals surface area contributed by atoms with Crippen molar-refractivity contribution in [1.29, 1.82) is 0 Å². The van der Waals surface area contributed by atoms with Crippen LogP contribution in [0.5, 0.6) is 5.75 Å². The van der Waals surface area contributed by atoms with E-state index in [2.05, 4.69) is 10.6 Å².